The average molecular weight is 327 g/mol. The number of aliphatic carboxylic acids is 1. The van der Waals surface area contributed by atoms with Crippen LogP contribution in [0, 0.1) is 5.82 Å². The number of carboxylic acids is 1. The van der Waals surface area contributed by atoms with Crippen LogP contribution in [0.1, 0.15) is 39.2 Å². The van der Waals surface area contributed by atoms with Gasteiger partial charge in [-0.15, -0.1) is 0 Å². The molecule has 0 spiro atoms. The largest absolute Gasteiger partial charge is 0.508 e. The molecule has 0 radical (unpaired) electrons. The number of ether oxygens (including phenoxy) is 1. The Morgan fingerprint density at radius 1 is 1.30 bits per heavy atom. The van der Waals surface area contributed by atoms with E-state index in [2.05, 4.69) is 5.32 Å². The minimum Gasteiger partial charge on any atom is -0.508 e. The monoisotopic (exact) mass is 327 g/mol. The van der Waals surface area contributed by atoms with Gasteiger partial charge in [0.2, 0.25) is 0 Å². The van der Waals surface area contributed by atoms with Crippen LogP contribution < -0.4 is 5.32 Å². The molecule has 1 aromatic rings. The molecule has 0 saturated heterocycles. The zero-order chi connectivity index (χ0) is 17.6. The van der Waals surface area contributed by atoms with E-state index in [1.54, 1.807) is 20.8 Å². The number of amides is 1. The van der Waals surface area contributed by atoms with Crippen molar-refractivity contribution in [2.24, 2.45) is 0 Å². The maximum Gasteiger partial charge on any atom is 0.407 e. The van der Waals surface area contributed by atoms with Crippen LogP contribution in [0.2, 0.25) is 0 Å². The highest BCUT2D eigenvalue weighted by Gasteiger charge is 2.20. The normalized spacial score (nSPS) is 12.5. The van der Waals surface area contributed by atoms with Crippen molar-refractivity contribution >= 4 is 12.1 Å². The SMILES string of the molecule is CC(C)(C)OC(=O)NC(CCC(=O)O)Cc1cc(O)cc(F)c1. The molecule has 1 atom stereocenters. The number of benzene rings is 1. The van der Waals surface area contributed by atoms with E-state index >= 15 is 0 Å². The van der Waals surface area contributed by atoms with E-state index in [4.69, 9.17) is 9.84 Å². The van der Waals surface area contributed by atoms with Crippen LogP contribution in [0.5, 0.6) is 5.75 Å². The lowest BCUT2D eigenvalue weighted by Crippen LogP contribution is -2.40. The third-order valence-corrected chi connectivity index (χ3v) is 2.85. The molecule has 0 aliphatic heterocycles. The summed E-state index contributed by atoms with van der Waals surface area (Å²) in [6.07, 6.45) is -0.487. The van der Waals surface area contributed by atoms with Crippen molar-refractivity contribution in [3.63, 3.8) is 0 Å². The molecule has 0 aliphatic carbocycles. The number of rotatable bonds is 6. The van der Waals surface area contributed by atoms with Crippen molar-refractivity contribution in [3.8, 4) is 5.75 Å². The van der Waals surface area contributed by atoms with Gasteiger partial charge in [0.05, 0.1) is 0 Å². The molecule has 1 aromatic carbocycles. The first-order valence-corrected chi connectivity index (χ1v) is 7.25. The van der Waals surface area contributed by atoms with Gasteiger partial charge in [-0.05, 0) is 51.3 Å². The van der Waals surface area contributed by atoms with Crippen molar-refractivity contribution in [2.45, 2.75) is 51.7 Å². The highest BCUT2D eigenvalue weighted by Crippen LogP contribution is 2.17. The zero-order valence-corrected chi connectivity index (χ0v) is 13.4. The third kappa shape index (κ3) is 8.04. The smallest absolute Gasteiger partial charge is 0.407 e. The van der Waals surface area contributed by atoms with Gasteiger partial charge >= 0.3 is 12.1 Å². The van der Waals surface area contributed by atoms with Crippen molar-refractivity contribution < 1.29 is 28.9 Å². The summed E-state index contributed by atoms with van der Waals surface area (Å²) in [5, 5.41) is 20.8. The first kappa shape index (κ1) is 18.7. The number of carbonyl (C=O) groups is 2. The predicted octanol–water partition coefficient (Wildman–Crippen LogP) is 2.83. The van der Waals surface area contributed by atoms with Crippen LogP contribution in [-0.4, -0.2) is 33.9 Å². The maximum absolute atomic E-state index is 13.3. The molecular formula is C16H22FNO5. The summed E-state index contributed by atoms with van der Waals surface area (Å²) in [7, 11) is 0. The van der Waals surface area contributed by atoms with E-state index in [-0.39, 0.29) is 25.0 Å². The first-order chi connectivity index (χ1) is 10.5. The zero-order valence-electron chi connectivity index (χ0n) is 13.4. The number of carbonyl (C=O) groups excluding carboxylic acids is 1. The minimum atomic E-state index is -0.997. The van der Waals surface area contributed by atoms with E-state index in [1.807, 2.05) is 0 Å². The topological polar surface area (TPSA) is 95.9 Å². The number of aromatic hydroxyl groups is 1. The van der Waals surface area contributed by atoms with Crippen LogP contribution in [0.25, 0.3) is 0 Å². The lowest BCUT2D eigenvalue weighted by atomic mass is 10.0. The molecule has 0 bridgehead atoms. The fourth-order valence-corrected chi connectivity index (χ4v) is 2.03. The summed E-state index contributed by atoms with van der Waals surface area (Å²) in [6.45, 7) is 5.14. The van der Waals surface area contributed by atoms with Crippen LogP contribution in [0.4, 0.5) is 9.18 Å². The molecule has 6 nitrogen and oxygen atoms in total. The Hall–Kier alpha value is -2.31. The van der Waals surface area contributed by atoms with Gasteiger partial charge < -0.3 is 20.3 Å². The number of phenolic OH excluding ortho intramolecular Hbond substituents is 1. The second kappa shape index (κ2) is 7.80. The number of alkyl carbamates (subject to hydrolysis) is 1. The summed E-state index contributed by atoms with van der Waals surface area (Å²) in [5.41, 5.74) is -0.229. The second-order valence-corrected chi connectivity index (χ2v) is 6.30. The lowest BCUT2D eigenvalue weighted by molar-refractivity contribution is -0.137. The number of hydrogen-bond acceptors (Lipinski definition) is 4. The molecule has 0 aromatic heterocycles. The summed E-state index contributed by atoms with van der Waals surface area (Å²) >= 11 is 0. The van der Waals surface area contributed by atoms with Gasteiger partial charge in [-0.25, -0.2) is 9.18 Å². The van der Waals surface area contributed by atoms with E-state index in [9.17, 15) is 19.1 Å². The van der Waals surface area contributed by atoms with Gasteiger partial charge in [0.25, 0.3) is 0 Å². The van der Waals surface area contributed by atoms with Crippen molar-refractivity contribution in [2.75, 3.05) is 0 Å². The van der Waals surface area contributed by atoms with Crippen molar-refractivity contribution in [3.05, 3.63) is 29.6 Å². The molecule has 1 amide bonds. The van der Waals surface area contributed by atoms with Gasteiger partial charge in [0, 0.05) is 18.5 Å². The Balaban J connectivity index is 2.78. The summed E-state index contributed by atoms with van der Waals surface area (Å²) in [6, 6.07) is 3.01. The van der Waals surface area contributed by atoms with Crippen LogP contribution >= 0.6 is 0 Å². The van der Waals surface area contributed by atoms with Gasteiger partial charge in [-0.1, -0.05) is 0 Å². The van der Waals surface area contributed by atoms with E-state index in [1.165, 1.54) is 12.1 Å². The Morgan fingerprint density at radius 3 is 2.48 bits per heavy atom. The number of carboxylic acid groups (broad SMARTS) is 1. The molecular weight excluding hydrogens is 305 g/mol. The number of nitrogens with one attached hydrogen (secondary N) is 1. The van der Waals surface area contributed by atoms with Crippen molar-refractivity contribution in [1.82, 2.24) is 5.32 Å². The maximum atomic E-state index is 13.3. The standard InChI is InChI=1S/C16H22FNO5/c1-16(2,3)23-15(22)18-12(4-5-14(20)21)7-10-6-11(17)9-13(19)8-10/h6,8-9,12,19H,4-5,7H2,1-3H3,(H,18,22)(H,20,21). The summed E-state index contributed by atoms with van der Waals surface area (Å²) < 4.78 is 18.5. The highest BCUT2D eigenvalue weighted by atomic mass is 19.1. The molecule has 0 heterocycles. The van der Waals surface area contributed by atoms with Crippen LogP contribution in [-0.2, 0) is 16.0 Å². The Kier molecular flexibility index (Phi) is 6.36. The molecule has 1 rings (SSSR count). The summed E-state index contributed by atoms with van der Waals surface area (Å²) in [4.78, 5) is 22.6. The van der Waals surface area contributed by atoms with Crippen LogP contribution in [0.3, 0.4) is 0 Å². The van der Waals surface area contributed by atoms with Crippen molar-refractivity contribution in [1.29, 1.82) is 0 Å². The quantitative estimate of drug-likeness (QED) is 0.746. The van der Waals surface area contributed by atoms with Gasteiger partial charge in [0.1, 0.15) is 17.2 Å². The first-order valence-electron chi connectivity index (χ1n) is 7.25. The Labute approximate surface area is 134 Å². The number of halogens is 1. The van der Waals surface area contributed by atoms with Crippen LogP contribution in [0.15, 0.2) is 18.2 Å². The molecule has 7 heteroatoms. The predicted molar refractivity (Wildman–Crippen MR) is 81.8 cm³/mol. The van der Waals surface area contributed by atoms with Gasteiger partial charge in [-0.2, -0.15) is 0 Å². The average Bonchev–Trinajstić information content (AvgIpc) is 2.32. The van der Waals surface area contributed by atoms with E-state index in [0.29, 0.717) is 5.56 Å². The van der Waals surface area contributed by atoms with E-state index in [0.717, 1.165) is 6.07 Å². The third-order valence-electron chi connectivity index (χ3n) is 2.85. The van der Waals surface area contributed by atoms with E-state index < -0.39 is 29.5 Å². The molecule has 23 heavy (non-hydrogen) atoms. The molecule has 3 N–H and O–H groups in total. The Morgan fingerprint density at radius 2 is 1.96 bits per heavy atom. The molecule has 128 valence electrons. The number of hydrogen-bond donors (Lipinski definition) is 3. The fourth-order valence-electron chi connectivity index (χ4n) is 2.03. The molecule has 0 saturated carbocycles. The number of phenols is 1. The lowest BCUT2D eigenvalue weighted by Gasteiger charge is -2.23. The second-order valence-electron chi connectivity index (χ2n) is 6.30. The fraction of sp³-hybridized carbons (Fsp3) is 0.500. The minimum absolute atomic E-state index is 0.151. The van der Waals surface area contributed by atoms with Gasteiger partial charge in [-0.3, -0.25) is 4.79 Å². The summed E-state index contributed by atoms with van der Waals surface area (Å²) in [5.74, 6) is -1.83. The molecule has 0 fully saturated rings. The highest BCUT2D eigenvalue weighted by molar-refractivity contribution is 5.69. The molecule has 1 unspecified atom stereocenters. The molecule has 0 aliphatic rings. The Bertz CT molecular complexity index is 548. The van der Waals surface area contributed by atoms with Gasteiger partial charge in [0.15, 0.2) is 0 Å².